The van der Waals surface area contributed by atoms with Crippen molar-refractivity contribution in [1.29, 1.82) is 0 Å². The van der Waals surface area contributed by atoms with Gasteiger partial charge in [-0.3, -0.25) is 4.79 Å². The minimum absolute atomic E-state index is 0.0252. The highest BCUT2D eigenvalue weighted by molar-refractivity contribution is 7.17. The molecule has 0 aliphatic heterocycles. The van der Waals surface area contributed by atoms with Gasteiger partial charge in [-0.15, -0.1) is 11.3 Å². The molecule has 6 nitrogen and oxygen atoms in total. The topological polar surface area (TPSA) is 70.7 Å². The zero-order valence-electron chi connectivity index (χ0n) is 20.5. The first-order valence-electron chi connectivity index (χ1n) is 11.7. The normalized spacial score (nSPS) is 11.6. The van der Waals surface area contributed by atoms with Crippen molar-refractivity contribution in [3.05, 3.63) is 70.6 Å². The van der Waals surface area contributed by atoms with Crippen LogP contribution in [0.4, 0.5) is 4.79 Å². The number of thiophene rings is 1. The predicted octanol–water partition coefficient (Wildman–Crippen LogP) is 5.22. The second-order valence-corrected chi connectivity index (χ2v) is 10.5. The van der Waals surface area contributed by atoms with Crippen LogP contribution in [0.3, 0.4) is 0 Å². The summed E-state index contributed by atoms with van der Waals surface area (Å²) in [5.74, 6) is -0.0252. The summed E-state index contributed by atoms with van der Waals surface area (Å²) in [5, 5.41) is 8.95. The molecule has 3 aromatic rings. The number of fused-ring (bicyclic) bond motifs is 1. The van der Waals surface area contributed by atoms with Crippen molar-refractivity contribution in [2.24, 2.45) is 0 Å². The van der Waals surface area contributed by atoms with Crippen LogP contribution in [0.15, 0.2) is 53.9 Å². The van der Waals surface area contributed by atoms with Crippen molar-refractivity contribution in [2.45, 2.75) is 45.8 Å². The molecule has 1 heterocycles. The molecular formula is C27H35N3O3S. The molecule has 0 atom stereocenters. The molecule has 0 bridgehead atoms. The lowest BCUT2D eigenvalue weighted by Gasteiger charge is -2.19. The van der Waals surface area contributed by atoms with E-state index < -0.39 is 11.7 Å². The molecule has 0 fully saturated rings. The van der Waals surface area contributed by atoms with Gasteiger partial charge in [0.2, 0.25) is 0 Å². The number of ether oxygens (including phenoxy) is 1. The van der Waals surface area contributed by atoms with Crippen LogP contribution in [0.5, 0.6) is 0 Å². The molecule has 0 saturated carbocycles. The molecule has 0 spiro atoms. The summed E-state index contributed by atoms with van der Waals surface area (Å²) in [6.45, 7) is 8.38. The molecule has 0 saturated heterocycles. The first kappa shape index (κ1) is 25.7. The number of nitrogens with zero attached hydrogens (tertiary/aromatic N) is 1. The van der Waals surface area contributed by atoms with E-state index in [1.54, 1.807) is 11.3 Å². The smallest absolute Gasteiger partial charge is 0.407 e. The average molecular weight is 482 g/mol. The van der Waals surface area contributed by atoms with Gasteiger partial charge in [0.1, 0.15) is 5.60 Å². The third-order valence-electron chi connectivity index (χ3n) is 5.36. The van der Waals surface area contributed by atoms with E-state index in [1.165, 1.54) is 10.3 Å². The van der Waals surface area contributed by atoms with Crippen molar-refractivity contribution in [3.63, 3.8) is 0 Å². The van der Waals surface area contributed by atoms with Crippen molar-refractivity contribution >= 4 is 33.4 Å². The average Bonchev–Trinajstić information content (AvgIpc) is 3.25. The van der Waals surface area contributed by atoms with Crippen LogP contribution in [0.2, 0.25) is 0 Å². The molecule has 0 unspecified atom stereocenters. The molecule has 0 aliphatic rings. The maximum absolute atomic E-state index is 12.4. The predicted molar refractivity (Wildman–Crippen MR) is 139 cm³/mol. The maximum Gasteiger partial charge on any atom is 0.407 e. The summed E-state index contributed by atoms with van der Waals surface area (Å²) >= 11 is 1.68. The van der Waals surface area contributed by atoms with Crippen molar-refractivity contribution < 1.29 is 14.3 Å². The van der Waals surface area contributed by atoms with Crippen LogP contribution in [0.1, 0.15) is 48.7 Å². The zero-order valence-corrected chi connectivity index (χ0v) is 21.3. The highest BCUT2D eigenvalue weighted by Crippen LogP contribution is 2.21. The van der Waals surface area contributed by atoms with Gasteiger partial charge < -0.3 is 20.3 Å². The molecule has 0 radical (unpaired) electrons. The Bertz CT molecular complexity index is 1090. The molecule has 0 aliphatic carbocycles. The number of rotatable bonds is 10. The number of likely N-dealkylation sites (N-methyl/N-ethyl adjacent to an activating group) is 1. The summed E-state index contributed by atoms with van der Waals surface area (Å²) in [4.78, 5) is 26.4. The SMILES string of the molecule is CN(CCCc1ccc(CNC(=O)OC(C)(C)C)cc1)CCNC(=O)c1ccc2sccc2c1. The number of carbonyl (C=O) groups is 2. The second-order valence-electron chi connectivity index (χ2n) is 9.51. The van der Waals surface area contributed by atoms with Gasteiger partial charge in [0.15, 0.2) is 0 Å². The van der Waals surface area contributed by atoms with Gasteiger partial charge in [-0.2, -0.15) is 0 Å². The molecule has 1 aromatic heterocycles. The molecule has 34 heavy (non-hydrogen) atoms. The van der Waals surface area contributed by atoms with Crippen LogP contribution in [-0.4, -0.2) is 49.2 Å². The molecule has 2 amide bonds. The minimum atomic E-state index is -0.494. The third-order valence-corrected chi connectivity index (χ3v) is 6.26. The lowest BCUT2D eigenvalue weighted by Crippen LogP contribution is -2.33. The second kappa shape index (κ2) is 12.0. The number of nitrogens with one attached hydrogen (secondary N) is 2. The summed E-state index contributed by atoms with van der Waals surface area (Å²) in [6.07, 6.45) is 1.62. The van der Waals surface area contributed by atoms with Gasteiger partial charge in [0, 0.05) is 29.9 Å². The maximum atomic E-state index is 12.4. The number of hydrogen-bond acceptors (Lipinski definition) is 5. The third kappa shape index (κ3) is 8.47. The largest absolute Gasteiger partial charge is 0.444 e. The minimum Gasteiger partial charge on any atom is -0.444 e. The Balaban J connectivity index is 1.31. The number of amides is 2. The summed E-state index contributed by atoms with van der Waals surface area (Å²) in [6, 6.07) is 16.2. The first-order valence-corrected chi connectivity index (χ1v) is 12.6. The van der Waals surface area contributed by atoms with E-state index in [9.17, 15) is 9.59 Å². The molecule has 182 valence electrons. The number of hydrogen-bond donors (Lipinski definition) is 2. The molecule has 2 N–H and O–H groups in total. The van der Waals surface area contributed by atoms with E-state index in [0.29, 0.717) is 18.7 Å². The Morgan fingerprint density at radius 1 is 0.971 bits per heavy atom. The first-order chi connectivity index (χ1) is 16.2. The van der Waals surface area contributed by atoms with E-state index in [0.717, 1.165) is 36.9 Å². The fourth-order valence-corrected chi connectivity index (χ4v) is 4.32. The van der Waals surface area contributed by atoms with Crippen LogP contribution < -0.4 is 10.6 Å². The fourth-order valence-electron chi connectivity index (χ4n) is 3.55. The Morgan fingerprint density at radius 2 is 1.71 bits per heavy atom. The zero-order chi connectivity index (χ0) is 24.6. The van der Waals surface area contributed by atoms with E-state index >= 15 is 0 Å². The molecule has 2 aromatic carbocycles. The number of benzene rings is 2. The summed E-state index contributed by atoms with van der Waals surface area (Å²) in [5.41, 5.74) is 2.52. The Hall–Kier alpha value is -2.90. The van der Waals surface area contributed by atoms with Crippen molar-refractivity contribution in [2.75, 3.05) is 26.7 Å². The number of aryl methyl sites for hydroxylation is 1. The van der Waals surface area contributed by atoms with Crippen LogP contribution in [0.25, 0.3) is 10.1 Å². The molecule has 7 heteroatoms. The lowest BCUT2D eigenvalue weighted by molar-refractivity contribution is 0.0523. The van der Waals surface area contributed by atoms with E-state index in [-0.39, 0.29) is 5.91 Å². The van der Waals surface area contributed by atoms with E-state index in [1.807, 2.05) is 62.5 Å². The molecular weight excluding hydrogens is 446 g/mol. The van der Waals surface area contributed by atoms with Crippen molar-refractivity contribution in [1.82, 2.24) is 15.5 Å². The Kier molecular flexibility index (Phi) is 9.07. The lowest BCUT2D eigenvalue weighted by atomic mass is 10.1. The highest BCUT2D eigenvalue weighted by Gasteiger charge is 2.15. The Labute approximate surface area is 206 Å². The van der Waals surface area contributed by atoms with Crippen LogP contribution in [-0.2, 0) is 17.7 Å². The highest BCUT2D eigenvalue weighted by atomic mass is 32.1. The Morgan fingerprint density at radius 3 is 2.44 bits per heavy atom. The van der Waals surface area contributed by atoms with Crippen LogP contribution >= 0.6 is 11.3 Å². The standard InChI is InChI=1S/C27H35N3O3S/c1-27(2,3)33-26(32)29-19-21-9-7-20(8-10-21)6-5-15-30(4)16-14-28-25(31)23-11-12-24-22(18-23)13-17-34-24/h7-13,17-18H,5-6,14-16,19H2,1-4H3,(H,28,31)(H,29,32). The van der Waals surface area contributed by atoms with E-state index in [2.05, 4.69) is 34.7 Å². The van der Waals surface area contributed by atoms with Crippen LogP contribution in [0, 0.1) is 0 Å². The van der Waals surface area contributed by atoms with Crippen molar-refractivity contribution in [3.8, 4) is 0 Å². The number of alkyl carbamates (subject to hydrolysis) is 1. The van der Waals surface area contributed by atoms with Gasteiger partial charge >= 0.3 is 6.09 Å². The van der Waals surface area contributed by atoms with E-state index in [4.69, 9.17) is 4.74 Å². The molecule has 3 rings (SSSR count). The van der Waals surface area contributed by atoms with Gasteiger partial charge in [-0.25, -0.2) is 4.79 Å². The fraction of sp³-hybridized carbons (Fsp3) is 0.407. The van der Waals surface area contributed by atoms with Gasteiger partial charge in [0.05, 0.1) is 0 Å². The van der Waals surface area contributed by atoms with Gasteiger partial charge in [-0.05, 0) is 93.4 Å². The monoisotopic (exact) mass is 481 g/mol. The summed E-state index contributed by atoms with van der Waals surface area (Å²) in [7, 11) is 2.08. The summed E-state index contributed by atoms with van der Waals surface area (Å²) < 4.78 is 6.45. The number of carbonyl (C=O) groups excluding carboxylic acids is 2. The van der Waals surface area contributed by atoms with Gasteiger partial charge in [0.25, 0.3) is 5.91 Å². The quantitative estimate of drug-likeness (QED) is 0.416. The van der Waals surface area contributed by atoms with Gasteiger partial charge in [-0.1, -0.05) is 24.3 Å².